The summed E-state index contributed by atoms with van der Waals surface area (Å²) in [5, 5.41) is 6.11. The summed E-state index contributed by atoms with van der Waals surface area (Å²) in [5.41, 5.74) is -0.992. The molecule has 1 heterocycles. The highest BCUT2D eigenvalue weighted by Crippen LogP contribution is 2.09. The molecule has 1 rings (SSSR count). The number of aromatic nitrogens is 3. The number of rotatable bonds is 4. The molecule has 0 fully saturated rings. The van der Waals surface area contributed by atoms with Gasteiger partial charge in [-0.1, -0.05) is 11.8 Å². The average Bonchev–Trinajstić information content (AvgIpc) is 2.09. The van der Waals surface area contributed by atoms with Crippen LogP contribution in [0.5, 0.6) is 0 Å². The molecule has 7 heteroatoms. The molecular weight excluding hydrogens is 210 g/mol. The van der Waals surface area contributed by atoms with Crippen LogP contribution in [0.25, 0.3) is 0 Å². The Labute approximate surface area is 82.7 Å². The van der Waals surface area contributed by atoms with Crippen molar-refractivity contribution in [2.24, 2.45) is 0 Å². The molecule has 5 nitrogen and oxygen atoms in total. The molecule has 0 atom stereocenters. The molecule has 2 N–H and O–H groups in total. The van der Waals surface area contributed by atoms with Crippen LogP contribution in [0, 0.1) is 0 Å². The number of thioether (sulfide) groups is 2. The van der Waals surface area contributed by atoms with Gasteiger partial charge in [0.05, 0.1) is 0 Å². The lowest BCUT2D eigenvalue weighted by Gasteiger charge is -1.95. The smallest absolute Gasteiger partial charge is 0.271 e. The molecule has 0 amide bonds. The second-order valence-electron chi connectivity index (χ2n) is 2.15. The van der Waals surface area contributed by atoms with Crippen LogP contribution in [-0.2, 0) is 0 Å². The second kappa shape index (κ2) is 5.13. The van der Waals surface area contributed by atoms with Crippen molar-refractivity contribution >= 4 is 23.5 Å². The van der Waals surface area contributed by atoms with Crippen molar-refractivity contribution in [3.05, 3.63) is 20.8 Å². The summed E-state index contributed by atoms with van der Waals surface area (Å²) in [6, 6.07) is 0. The van der Waals surface area contributed by atoms with Crippen LogP contribution in [0.15, 0.2) is 14.6 Å². The molecule has 0 saturated carbocycles. The largest absolute Gasteiger partial charge is 0.342 e. The van der Waals surface area contributed by atoms with E-state index in [4.69, 9.17) is 0 Å². The van der Waals surface area contributed by atoms with Gasteiger partial charge in [0.15, 0.2) is 5.03 Å². The third kappa shape index (κ3) is 3.27. The van der Waals surface area contributed by atoms with E-state index in [1.54, 1.807) is 11.8 Å². The van der Waals surface area contributed by atoms with Crippen LogP contribution in [0.2, 0.25) is 0 Å². The van der Waals surface area contributed by atoms with E-state index in [1.807, 2.05) is 6.26 Å². The minimum atomic E-state index is -0.570. The van der Waals surface area contributed by atoms with Crippen LogP contribution in [0.3, 0.4) is 0 Å². The number of aromatic amines is 2. The lowest BCUT2D eigenvalue weighted by molar-refractivity contribution is 0.807. The molecular formula is C6H9N3O2S2. The first-order chi connectivity index (χ1) is 6.24. The van der Waals surface area contributed by atoms with Gasteiger partial charge in [-0.15, -0.1) is 0 Å². The lowest BCUT2D eigenvalue weighted by Crippen LogP contribution is -2.25. The number of nitrogens with zero attached hydrogens (tertiary/aromatic N) is 1. The van der Waals surface area contributed by atoms with Crippen molar-refractivity contribution in [2.75, 3.05) is 17.8 Å². The Morgan fingerprint density at radius 1 is 1.38 bits per heavy atom. The number of nitrogens with one attached hydrogen (secondary N) is 2. The average molecular weight is 219 g/mol. The van der Waals surface area contributed by atoms with Crippen LogP contribution in [-0.4, -0.2) is 32.9 Å². The molecule has 72 valence electrons. The van der Waals surface area contributed by atoms with Crippen molar-refractivity contribution in [1.29, 1.82) is 0 Å². The molecule has 0 aliphatic rings. The zero-order valence-electron chi connectivity index (χ0n) is 6.99. The van der Waals surface area contributed by atoms with Gasteiger partial charge in [0.2, 0.25) is 0 Å². The third-order valence-electron chi connectivity index (χ3n) is 1.21. The van der Waals surface area contributed by atoms with Gasteiger partial charge >= 0.3 is 5.69 Å². The van der Waals surface area contributed by atoms with Crippen molar-refractivity contribution in [1.82, 2.24) is 15.2 Å². The Balaban J connectivity index is 2.67. The molecule has 0 spiro atoms. The van der Waals surface area contributed by atoms with Gasteiger partial charge in [-0.25, -0.2) is 9.89 Å². The van der Waals surface area contributed by atoms with Crippen molar-refractivity contribution < 1.29 is 0 Å². The maximum atomic E-state index is 11.1. The van der Waals surface area contributed by atoms with Crippen molar-refractivity contribution in [3.8, 4) is 0 Å². The van der Waals surface area contributed by atoms with Gasteiger partial charge in [0, 0.05) is 11.5 Å². The zero-order chi connectivity index (χ0) is 9.68. The topological polar surface area (TPSA) is 78.6 Å². The number of hydrogen-bond donors (Lipinski definition) is 2. The van der Waals surface area contributed by atoms with E-state index in [2.05, 4.69) is 15.2 Å². The van der Waals surface area contributed by atoms with Crippen LogP contribution >= 0.6 is 23.5 Å². The Kier molecular flexibility index (Phi) is 4.10. The Hall–Kier alpha value is -0.690. The van der Waals surface area contributed by atoms with Crippen LogP contribution in [0.4, 0.5) is 0 Å². The molecule has 0 radical (unpaired) electrons. The Bertz CT molecular complexity index is 373. The third-order valence-corrected chi connectivity index (χ3v) is 3.04. The maximum absolute atomic E-state index is 11.1. The quantitative estimate of drug-likeness (QED) is 0.546. The molecule has 0 bridgehead atoms. The summed E-state index contributed by atoms with van der Waals surface area (Å²) >= 11 is 3.03. The molecule has 0 aliphatic carbocycles. The summed E-state index contributed by atoms with van der Waals surface area (Å²) in [7, 11) is 0. The van der Waals surface area contributed by atoms with Crippen molar-refractivity contribution in [2.45, 2.75) is 5.03 Å². The standard InChI is InChI=1S/C6H9N3O2S2/c1-12-2-3-13-5-4(10)7-6(11)9-8-5/h2-3H2,1H3,(H2,7,9,10,11). The highest BCUT2D eigenvalue weighted by Gasteiger charge is 2.01. The minimum absolute atomic E-state index is 0.314. The van der Waals surface area contributed by atoms with Crippen molar-refractivity contribution in [3.63, 3.8) is 0 Å². The molecule has 1 aromatic heterocycles. The fraction of sp³-hybridized carbons (Fsp3) is 0.500. The van der Waals surface area contributed by atoms with Gasteiger partial charge in [-0.2, -0.15) is 16.9 Å². The SMILES string of the molecule is CSCCSc1n[nH]c(=O)[nH]c1=O. The lowest BCUT2D eigenvalue weighted by atomic mass is 10.8. The van der Waals surface area contributed by atoms with Gasteiger partial charge in [0.1, 0.15) is 0 Å². The first kappa shape index (κ1) is 10.4. The summed E-state index contributed by atoms with van der Waals surface area (Å²) in [6.07, 6.45) is 1.99. The normalized spacial score (nSPS) is 10.2. The van der Waals surface area contributed by atoms with E-state index in [0.717, 1.165) is 11.5 Å². The summed E-state index contributed by atoms with van der Waals surface area (Å²) in [4.78, 5) is 23.8. The van der Waals surface area contributed by atoms with Gasteiger partial charge in [-0.3, -0.25) is 9.78 Å². The highest BCUT2D eigenvalue weighted by atomic mass is 32.2. The molecule has 13 heavy (non-hydrogen) atoms. The Morgan fingerprint density at radius 2 is 2.15 bits per heavy atom. The minimum Gasteiger partial charge on any atom is -0.271 e. The summed E-state index contributed by atoms with van der Waals surface area (Å²) < 4.78 is 0. The Morgan fingerprint density at radius 3 is 2.77 bits per heavy atom. The van der Waals surface area contributed by atoms with Gasteiger partial charge < -0.3 is 0 Å². The maximum Gasteiger partial charge on any atom is 0.342 e. The molecule has 0 saturated heterocycles. The van der Waals surface area contributed by atoms with Crippen LogP contribution in [0.1, 0.15) is 0 Å². The monoisotopic (exact) mass is 219 g/mol. The first-order valence-electron chi connectivity index (χ1n) is 3.55. The van der Waals surface area contributed by atoms with Gasteiger partial charge in [-0.05, 0) is 6.26 Å². The predicted octanol–water partition coefficient (Wildman–Crippen LogP) is -0.0867. The van der Waals surface area contributed by atoms with E-state index in [0.29, 0.717) is 5.03 Å². The molecule has 0 aromatic carbocycles. The fourth-order valence-corrected chi connectivity index (χ4v) is 2.14. The number of H-pyrrole nitrogens is 2. The summed E-state index contributed by atoms with van der Waals surface area (Å²) in [5.74, 6) is 1.76. The van der Waals surface area contributed by atoms with Gasteiger partial charge in [0.25, 0.3) is 5.56 Å². The molecule has 1 aromatic rings. The van der Waals surface area contributed by atoms with E-state index in [9.17, 15) is 9.59 Å². The van der Waals surface area contributed by atoms with E-state index in [1.165, 1.54) is 11.8 Å². The summed E-state index contributed by atoms with van der Waals surface area (Å²) in [6.45, 7) is 0. The fourth-order valence-electron chi connectivity index (χ4n) is 0.656. The number of hydrogen-bond acceptors (Lipinski definition) is 5. The zero-order valence-corrected chi connectivity index (χ0v) is 8.63. The van der Waals surface area contributed by atoms with E-state index in [-0.39, 0.29) is 0 Å². The predicted molar refractivity (Wildman–Crippen MR) is 54.6 cm³/mol. The van der Waals surface area contributed by atoms with Crippen LogP contribution < -0.4 is 11.2 Å². The molecule has 0 unspecified atom stereocenters. The highest BCUT2D eigenvalue weighted by molar-refractivity contribution is 8.02. The van der Waals surface area contributed by atoms with E-state index < -0.39 is 11.2 Å². The van der Waals surface area contributed by atoms with E-state index >= 15 is 0 Å². The molecule has 0 aliphatic heterocycles. The first-order valence-corrected chi connectivity index (χ1v) is 5.92. The second-order valence-corrected chi connectivity index (χ2v) is 4.22.